The van der Waals surface area contributed by atoms with Crippen LogP contribution in [0.2, 0.25) is 0 Å². The van der Waals surface area contributed by atoms with Crippen molar-refractivity contribution in [3.05, 3.63) is 33.7 Å². The summed E-state index contributed by atoms with van der Waals surface area (Å²) >= 11 is 1.58. The van der Waals surface area contributed by atoms with Crippen molar-refractivity contribution >= 4 is 17.7 Å². The fourth-order valence-corrected chi connectivity index (χ4v) is 4.96. The summed E-state index contributed by atoms with van der Waals surface area (Å²) in [7, 11) is 0. The number of likely N-dealkylation sites (tertiary alicyclic amines) is 1. The summed E-state index contributed by atoms with van der Waals surface area (Å²) in [5, 5.41) is 0. The van der Waals surface area contributed by atoms with Gasteiger partial charge in [-0.05, 0) is 24.7 Å². The number of ether oxygens (including phenoxy) is 1. The number of hydrogen-bond acceptors (Lipinski definition) is 5. The van der Waals surface area contributed by atoms with E-state index < -0.39 is 0 Å². The number of hydrogen-bond donors (Lipinski definition) is 0. The molecular weight excluding hydrogens is 350 g/mol. The van der Waals surface area contributed by atoms with Crippen LogP contribution in [0.4, 0.5) is 0 Å². The maximum absolute atomic E-state index is 13.1. The van der Waals surface area contributed by atoms with Crippen molar-refractivity contribution in [2.45, 2.75) is 25.4 Å². The van der Waals surface area contributed by atoms with Crippen LogP contribution >= 0.6 is 11.8 Å². The van der Waals surface area contributed by atoms with Gasteiger partial charge in [-0.2, -0.15) is 11.8 Å². The van der Waals surface area contributed by atoms with E-state index in [9.17, 15) is 9.59 Å². The second-order valence-electron chi connectivity index (χ2n) is 7.62. The van der Waals surface area contributed by atoms with Gasteiger partial charge < -0.3 is 14.2 Å². The smallest absolute Gasteiger partial charge is 0.255 e. The molecule has 2 bridgehead atoms. The Morgan fingerprint density at radius 3 is 2.81 bits per heavy atom. The Balaban J connectivity index is 1.54. The summed E-state index contributed by atoms with van der Waals surface area (Å²) in [4.78, 5) is 29.7. The minimum absolute atomic E-state index is 0.160. The molecule has 0 aromatic carbocycles. The van der Waals surface area contributed by atoms with Gasteiger partial charge in [0.05, 0.1) is 19.0 Å². The molecule has 0 spiro atoms. The molecule has 2 fully saturated rings. The molecule has 142 valence electrons. The number of piperidine rings is 1. The molecule has 3 aliphatic rings. The zero-order valence-corrected chi connectivity index (χ0v) is 16.2. The molecule has 4 heterocycles. The Kier molecular flexibility index (Phi) is 5.38. The molecule has 1 aromatic heterocycles. The summed E-state index contributed by atoms with van der Waals surface area (Å²) < 4.78 is 7.39. The van der Waals surface area contributed by atoms with Crippen molar-refractivity contribution in [2.24, 2.45) is 5.92 Å². The van der Waals surface area contributed by atoms with Crippen LogP contribution in [-0.4, -0.2) is 71.7 Å². The van der Waals surface area contributed by atoms with Crippen LogP contribution in [0, 0.1) is 5.92 Å². The quantitative estimate of drug-likeness (QED) is 0.783. The first-order valence-corrected chi connectivity index (χ1v) is 10.8. The first-order chi connectivity index (χ1) is 12.7. The third-order valence-electron chi connectivity index (χ3n) is 5.80. The summed E-state index contributed by atoms with van der Waals surface area (Å²) in [5.41, 5.74) is 2.15. The average Bonchev–Trinajstić information content (AvgIpc) is 2.65. The van der Waals surface area contributed by atoms with Gasteiger partial charge in [-0.1, -0.05) is 6.07 Å². The van der Waals surface area contributed by atoms with Gasteiger partial charge in [-0.25, -0.2) is 0 Å². The van der Waals surface area contributed by atoms with Crippen LogP contribution in [0.3, 0.4) is 0 Å². The molecule has 2 saturated heterocycles. The SMILES string of the molecule is CSCC(=O)N1C[C@@H]2C[C@H](C1)c1ccc(CN3CCOCC3)c(=O)n1C2. The lowest BCUT2D eigenvalue weighted by molar-refractivity contribution is -0.131. The lowest BCUT2D eigenvalue weighted by Gasteiger charge is -2.43. The third kappa shape index (κ3) is 3.57. The predicted octanol–water partition coefficient (Wildman–Crippen LogP) is 0.989. The largest absolute Gasteiger partial charge is 0.379 e. The normalized spacial score (nSPS) is 25.8. The molecule has 6 nitrogen and oxygen atoms in total. The van der Waals surface area contributed by atoms with Crippen LogP contribution in [-0.2, 0) is 22.6 Å². The summed E-state index contributed by atoms with van der Waals surface area (Å²) in [6.07, 6.45) is 3.05. The van der Waals surface area contributed by atoms with Gasteiger partial charge in [0.1, 0.15) is 0 Å². The number of amides is 1. The predicted molar refractivity (Wildman–Crippen MR) is 103 cm³/mol. The van der Waals surface area contributed by atoms with E-state index in [-0.39, 0.29) is 11.5 Å². The van der Waals surface area contributed by atoms with E-state index >= 15 is 0 Å². The molecule has 26 heavy (non-hydrogen) atoms. The molecule has 0 radical (unpaired) electrons. The monoisotopic (exact) mass is 377 g/mol. The minimum atomic E-state index is 0.160. The zero-order chi connectivity index (χ0) is 18.1. The topological polar surface area (TPSA) is 54.8 Å². The number of pyridine rings is 1. The van der Waals surface area contributed by atoms with E-state index in [1.807, 2.05) is 21.8 Å². The lowest BCUT2D eigenvalue weighted by Crippen LogP contribution is -2.50. The van der Waals surface area contributed by atoms with E-state index in [0.29, 0.717) is 24.1 Å². The van der Waals surface area contributed by atoms with E-state index in [1.165, 1.54) is 0 Å². The van der Waals surface area contributed by atoms with E-state index in [1.54, 1.807) is 11.8 Å². The number of carbonyl (C=O) groups is 1. The molecular formula is C19H27N3O3S. The van der Waals surface area contributed by atoms with E-state index in [4.69, 9.17) is 4.74 Å². The first kappa shape index (κ1) is 18.1. The number of morpholine rings is 1. The Labute approximate surface area is 158 Å². The van der Waals surface area contributed by atoms with Crippen LogP contribution in [0.1, 0.15) is 23.6 Å². The van der Waals surface area contributed by atoms with Crippen molar-refractivity contribution in [3.8, 4) is 0 Å². The van der Waals surface area contributed by atoms with Gasteiger partial charge in [-0.15, -0.1) is 0 Å². The van der Waals surface area contributed by atoms with Crippen LogP contribution in [0.15, 0.2) is 16.9 Å². The Bertz CT molecular complexity index is 729. The third-order valence-corrected chi connectivity index (χ3v) is 6.34. The molecule has 4 rings (SSSR count). The summed E-state index contributed by atoms with van der Waals surface area (Å²) in [5.74, 6) is 1.46. The summed E-state index contributed by atoms with van der Waals surface area (Å²) in [6.45, 7) is 6.25. The van der Waals surface area contributed by atoms with Crippen molar-refractivity contribution < 1.29 is 9.53 Å². The standard InChI is InChI=1S/C19H27N3O3S/c1-26-13-18(23)21-9-14-8-16(12-21)17-3-2-15(19(24)22(17)10-14)11-20-4-6-25-7-5-20/h2-3,14,16H,4-13H2,1H3/t14-,16+/m0/s1. The fraction of sp³-hybridized carbons (Fsp3) is 0.684. The van der Waals surface area contributed by atoms with E-state index in [0.717, 1.165) is 63.6 Å². The number of carbonyl (C=O) groups excluding carboxylic acids is 1. The van der Waals surface area contributed by atoms with Crippen molar-refractivity contribution in [3.63, 3.8) is 0 Å². The molecule has 0 N–H and O–H groups in total. The Morgan fingerprint density at radius 2 is 2.04 bits per heavy atom. The molecule has 0 unspecified atom stereocenters. The van der Waals surface area contributed by atoms with Crippen LogP contribution < -0.4 is 5.56 Å². The van der Waals surface area contributed by atoms with Gasteiger partial charge in [0.25, 0.3) is 5.56 Å². The number of rotatable bonds is 4. The molecule has 3 aliphatic heterocycles. The van der Waals surface area contributed by atoms with Gasteiger partial charge >= 0.3 is 0 Å². The minimum Gasteiger partial charge on any atom is -0.379 e. The highest BCUT2D eigenvalue weighted by Gasteiger charge is 2.36. The molecule has 7 heteroatoms. The number of aromatic nitrogens is 1. The fourth-order valence-electron chi connectivity index (χ4n) is 4.53. The highest BCUT2D eigenvalue weighted by atomic mass is 32.2. The van der Waals surface area contributed by atoms with Crippen LogP contribution in [0.25, 0.3) is 0 Å². The number of nitrogens with zero attached hydrogens (tertiary/aromatic N) is 3. The van der Waals surface area contributed by atoms with Crippen molar-refractivity contribution in [1.29, 1.82) is 0 Å². The lowest BCUT2D eigenvalue weighted by atomic mass is 9.83. The average molecular weight is 378 g/mol. The Hall–Kier alpha value is -1.31. The maximum Gasteiger partial charge on any atom is 0.255 e. The van der Waals surface area contributed by atoms with Gasteiger partial charge in [0, 0.05) is 56.4 Å². The molecule has 0 aliphatic carbocycles. The van der Waals surface area contributed by atoms with Crippen molar-refractivity contribution in [2.75, 3.05) is 51.4 Å². The highest BCUT2D eigenvalue weighted by molar-refractivity contribution is 7.99. The van der Waals surface area contributed by atoms with Gasteiger partial charge in [0.2, 0.25) is 5.91 Å². The second-order valence-corrected chi connectivity index (χ2v) is 8.48. The van der Waals surface area contributed by atoms with Crippen molar-refractivity contribution in [1.82, 2.24) is 14.4 Å². The number of thioether (sulfide) groups is 1. The van der Waals surface area contributed by atoms with E-state index in [2.05, 4.69) is 11.0 Å². The molecule has 1 aromatic rings. The molecule has 2 atom stereocenters. The molecule has 0 saturated carbocycles. The Morgan fingerprint density at radius 1 is 1.23 bits per heavy atom. The zero-order valence-electron chi connectivity index (χ0n) is 15.4. The van der Waals surface area contributed by atoms with Gasteiger partial charge in [-0.3, -0.25) is 14.5 Å². The second kappa shape index (κ2) is 7.74. The molecule has 1 amide bonds. The summed E-state index contributed by atoms with van der Waals surface area (Å²) in [6, 6.07) is 4.13. The maximum atomic E-state index is 13.1. The first-order valence-electron chi connectivity index (χ1n) is 9.45. The highest BCUT2D eigenvalue weighted by Crippen LogP contribution is 2.35. The van der Waals surface area contributed by atoms with Crippen LogP contribution in [0.5, 0.6) is 0 Å². The number of fused-ring (bicyclic) bond motifs is 4. The van der Waals surface area contributed by atoms with Gasteiger partial charge in [0.15, 0.2) is 0 Å².